The number of nitrogens with zero attached hydrogens (tertiary/aromatic N) is 1. The molecule has 0 saturated carbocycles. The zero-order chi connectivity index (χ0) is 14.4. The van der Waals surface area contributed by atoms with E-state index in [-0.39, 0.29) is 0 Å². The molecule has 1 aromatic heterocycles. The molecule has 0 aliphatic carbocycles. The van der Waals surface area contributed by atoms with Gasteiger partial charge in [-0.15, -0.1) is 0 Å². The van der Waals surface area contributed by atoms with Gasteiger partial charge in [-0.1, -0.05) is 30.4 Å². The van der Waals surface area contributed by atoms with Gasteiger partial charge in [-0.05, 0) is 30.2 Å². The van der Waals surface area contributed by atoms with Gasteiger partial charge < -0.3 is 15.8 Å². The highest BCUT2D eigenvalue weighted by Gasteiger charge is 2.02. The van der Waals surface area contributed by atoms with Gasteiger partial charge in [0.1, 0.15) is 16.6 Å². The van der Waals surface area contributed by atoms with Crippen LogP contribution in [0.4, 0.5) is 5.82 Å². The number of ether oxygens (including phenoxy) is 1. The van der Waals surface area contributed by atoms with E-state index in [9.17, 15) is 0 Å². The molecule has 1 heterocycles. The molecule has 3 N–H and O–H groups in total. The number of hydrogen-bond donors (Lipinski definition) is 2. The van der Waals surface area contributed by atoms with Crippen LogP contribution in [0.2, 0.25) is 0 Å². The highest BCUT2D eigenvalue weighted by molar-refractivity contribution is 7.80. The van der Waals surface area contributed by atoms with E-state index < -0.39 is 0 Å². The summed E-state index contributed by atoms with van der Waals surface area (Å²) >= 11 is 4.95. The maximum absolute atomic E-state index is 5.60. The molecule has 0 saturated heterocycles. The average Bonchev–Trinajstić information content (AvgIpc) is 2.48. The number of aromatic nitrogens is 1. The summed E-state index contributed by atoms with van der Waals surface area (Å²) in [6.07, 6.45) is 2.54. The van der Waals surface area contributed by atoms with Crippen molar-refractivity contribution in [1.29, 1.82) is 0 Å². The van der Waals surface area contributed by atoms with Gasteiger partial charge in [-0.3, -0.25) is 0 Å². The topological polar surface area (TPSA) is 60.2 Å². The van der Waals surface area contributed by atoms with E-state index in [4.69, 9.17) is 22.7 Å². The monoisotopic (exact) mass is 287 g/mol. The van der Waals surface area contributed by atoms with E-state index in [0.717, 1.165) is 35.7 Å². The number of methoxy groups -OCH3 is 1. The van der Waals surface area contributed by atoms with Crippen molar-refractivity contribution < 1.29 is 4.74 Å². The van der Waals surface area contributed by atoms with Crippen LogP contribution >= 0.6 is 12.2 Å². The van der Waals surface area contributed by atoms with Crippen LogP contribution in [-0.2, 0) is 6.42 Å². The number of thiocarbonyl (C=S) groups is 1. The molecular formula is C15H17N3OS. The number of hydrogen-bond acceptors (Lipinski definition) is 4. The molecule has 5 heteroatoms. The molecule has 0 aliphatic rings. The van der Waals surface area contributed by atoms with Crippen LogP contribution in [0.5, 0.6) is 5.75 Å². The average molecular weight is 287 g/mol. The van der Waals surface area contributed by atoms with Gasteiger partial charge >= 0.3 is 0 Å². The summed E-state index contributed by atoms with van der Waals surface area (Å²) in [5.74, 6) is 1.67. The van der Waals surface area contributed by atoms with E-state index >= 15 is 0 Å². The molecule has 0 radical (unpaired) electrons. The van der Waals surface area contributed by atoms with E-state index in [2.05, 4.69) is 16.4 Å². The lowest BCUT2D eigenvalue weighted by Gasteiger charge is -2.10. The third-order valence-electron chi connectivity index (χ3n) is 2.94. The number of anilines is 1. The lowest BCUT2D eigenvalue weighted by atomic mass is 10.1. The van der Waals surface area contributed by atoms with Gasteiger partial charge in [0.25, 0.3) is 0 Å². The number of rotatable bonds is 6. The second kappa shape index (κ2) is 6.86. The molecule has 2 aromatic rings. The Labute approximate surface area is 124 Å². The van der Waals surface area contributed by atoms with Crippen molar-refractivity contribution in [2.24, 2.45) is 5.73 Å². The van der Waals surface area contributed by atoms with Crippen molar-refractivity contribution in [3.63, 3.8) is 0 Å². The SMILES string of the molecule is COc1ccccc1CCNc1cc(C(N)=S)ccn1. The Kier molecular flexibility index (Phi) is 4.90. The molecular weight excluding hydrogens is 270 g/mol. The first kappa shape index (κ1) is 14.3. The minimum atomic E-state index is 0.375. The van der Waals surface area contributed by atoms with Crippen molar-refractivity contribution in [3.05, 3.63) is 53.7 Å². The molecule has 0 fully saturated rings. The second-order valence-electron chi connectivity index (χ2n) is 4.28. The normalized spacial score (nSPS) is 10.1. The van der Waals surface area contributed by atoms with E-state index in [1.54, 1.807) is 19.4 Å². The maximum atomic E-state index is 5.60. The van der Waals surface area contributed by atoms with Crippen molar-refractivity contribution in [2.75, 3.05) is 19.0 Å². The molecule has 4 nitrogen and oxygen atoms in total. The van der Waals surface area contributed by atoms with Crippen molar-refractivity contribution >= 4 is 23.0 Å². The van der Waals surface area contributed by atoms with Crippen LogP contribution in [-0.4, -0.2) is 23.6 Å². The summed E-state index contributed by atoms with van der Waals surface area (Å²) < 4.78 is 5.32. The highest BCUT2D eigenvalue weighted by Crippen LogP contribution is 2.17. The Bertz CT molecular complexity index is 601. The minimum absolute atomic E-state index is 0.375. The van der Waals surface area contributed by atoms with Gasteiger partial charge in [0.2, 0.25) is 0 Å². The number of para-hydroxylation sites is 1. The summed E-state index contributed by atoms with van der Waals surface area (Å²) in [4.78, 5) is 4.61. The molecule has 0 unspecified atom stereocenters. The molecule has 0 spiro atoms. The van der Waals surface area contributed by atoms with Gasteiger partial charge in [0, 0.05) is 18.3 Å². The quantitative estimate of drug-likeness (QED) is 0.799. The summed E-state index contributed by atoms with van der Waals surface area (Å²) in [6.45, 7) is 0.758. The first-order valence-corrected chi connectivity index (χ1v) is 6.73. The predicted octanol–water partition coefficient (Wildman–Crippen LogP) is 2.38. The van der Waals surface area contributed by atoms with Crippen LogP contribution in [0.25, 0.3) is 0 Å². The third-order valence-corrected chi connectivity index (χ3v) is 3.17. The maximum Gasteiger partial charge on any atom is 0.126 e. The van der Waals surface area contributed by atoms with Gasteiger partial charge in [-0.25, -0.2) is 4.98 Å². The van der Waals surface area contributed by atoms with Crippen molar-refractivity contribution in [3.8, 4) is 5.75 Å². The summed E-state index contributed by atoms with van der Waals surface area (Å²) in [5.41, 5.74) is 7.57. The third kappa shape index (κ3) is 3.68. The molecule has 1 aromatic carbocycles. The Hall–Kier alpha value is -2.14. The van der Waals surface area contributed by atoms with Crippen LogP contribution in [0, 0.1) is 0 Å². The molecule has 0 atom stereocenters. The van der Waals surface area contributed by atoms with Crippen LogP contribution in [0.3, 0.4) is 0 Å². The lowest BCUT2D eigenvalue weighted by Crippen LogP contribution is -2.11. The molecule has 20 heavy (non-hydrogen) atoms. The Morgan fingerprint density at radius 2 is 2.15 bits per heavy atom. The molecule has 0 bridgehead atoms. The Morgan fingerprint density at radius 3 is 2.90 bits per heavy atom. The first-order valence-electron chi connectivity index (χ1n) is 6.32. The summed E-state index contributed by atoms with van der Waals surface area (Å²) in [6, 6.07) is 11.6. The molecule has 104 valence electrons. The fraction of sp³-hybridized carbons (Fsp3) is 0.200. The summed E-state index contributed by atoms with van der Waals surface area (Å²) in [5, 5.41) is 3.26. The number of benzene rings is 1. The van der Waals surface area contributed by atoms with Crippen LogP contribution in [0.1, 0.15) is 11.1 Å². The molecule has 0 aliphatic heterocycles. The van der Waals surface area contributed by atoms with E-state index in [1.165, 1.54) is 0 Å². The standard InChI is InChI=1S/C15H17N3OS/c1-19-13-5-3-2-4-11(13)6-8-17-14-10-12(15(16)20)7-9-18-14/h2-5,7,9-10H,6,8H2,1H3,(H2,16,20)(H,17,18). The zero-order valence-corrected chi connectivity index (χ0v) is 12.1. The van der Waals surface area contributed by atoms with Crippen molar-refractivity contribution in [2.45, 2.75) is 6.42 Å². The Balaban J connectivity index is 1.96. The van der Waals surface area contributed by atoms with E-state index in [1.807, 2.05) is 24.3 Å². The first-order chi connectivity index (χ1) is 9.70. The van der Waals surface area contributed by atoms with Crippen LogP contribution in [0.15, 0.2) is 42.6 Å². The van der Waals surface area contributed by atoms with Gasteiger partial charge in [-0.2, -0.15) is 0 Å². The van der Waals surface area contributed by atoms with E-state index in [0.29, 0.717) is 4.99 Å². The largest absolute Gasteiger partial charge is 0.496 e. The zero-order valence-electron chi connectivity index (χ0n) is 11.3. The smallest absolute Gasteiger partial charge is 0.126 e. The van der Waals surface area contributed by atoms with Crippen molar-refractivity contribution in [1.82, 2.24) is 4.98 Å². The summed E-state index contributed by atoms with van der Waals surface area (Å²) in [7, 11) is 1.68. The minimum Gasteiger partial charge on any atom is -0.496 e. The molecule has 2 rings (SSSR count). The second-order valence-corrected chi connectivity index (χ2v) is 4.72. The Morgan fingerprint density at radius 1 is 1.35 bits per heavy atom. The van der Waals surface area contributed by atoms with Gasteiger partial charge in [0.05, 0.1) is 7.11 Å². The van der Waals surface area contributed by atoms with Crippen LogP contribution < -0.4 is 15.8 Å². The fourth-order valence-electron chi connectivity index (χ4n) is 1.92. The number of pyridine rings is 1. The predicted molar refractivity (Wildman–Crippen MR) is 85.3 cm³/mol. The fourth-order valence-corrected chi connectivity index (χ4v) is 2.04. The van der Waals surface area contributed by atoms with Gasteiger partial charge in [0.15, 0.2) is 0 Å². The number of nitrogens with one attached hydrogen (secondary N) is 1. The molecule has 0 amide bonds. The lowest BCUT2D eigenvalue weighted by molar-refractivity contribution is 0.410. The number of nitrogens with two attached hydrogens (primary N) is 1. The highest BCUT2D eigenvalue weighted by atomic mass is 32.1.